The number of benzene rings is 2. The van der Waals surface area contributed by atoms with E-state index in [0.29, 0.717) is 17.7 Å². The van der Waals surface area contributed by atoms with Gasteiger partial charge in [-0.1, -0.05) is 45.6 Å². The molecule has 4 aromatic rings. The first-order chi connectivity index (χ1) is 27.4. The smallest absolute Gasteiger partial charge is 0.407 e. The van der Waals surface area contributed by atoms with Crippen LogP contribution in [0, 0.1) is 35.5 Å². The van der Waals surface area contributed by atoms with Crippen LogP contribution in [0.15, 0.2) is 36.4 Å². The van der Waals surface area contributed by atoms with E-state index in [9.17, 15) is 24.3 Å². The third kappa shape index (κ3) is 6.66. The molecule has 2 saturated heterocycles. The number of amides is 4. The van der Waals surface area contributed by atoms with Crippen molar-refractivity contribution in [1.29, 1.82) is 0 Å². The molecule has 57 heavy (non-hydrogen) atoms. The molecule has 2 aromatic carbocycles. The fraction of sp³-hybridized carbons (Fsp3) is 0.488. The number of ether oxygens (including phenoxy) is 1. The number of rotatable bonds is 8. The number of fused-ring (bicyclic) bond motifs is 6. The van der Waals surface area contributed by atoms with Gasteiger partial charge in [0.15, 0.2) is 0 Å². The van der Waals surface area contributed by atoms with Crippen molar-refractivity contribution in [3.63, 3.8) is 0 Å². The van der Waals surface area contributed by atoms with Crippen LogP contribution in [0.1, 0.15) is 99.5 Å². The van der Waals surface area contributed by atoms with Crippen molar-refractivity contribution in [2.45, 2.75) is 102 Å². The summed E-state index contributed by atoms with van der Waals surface area (Å²) < 4.78 is 4.82. The lowest BCUT2D eigenvalue weighted by atomic mass is 9.91. The van der Waals surface area contributed by atoms with Crippen molar-refractivity contribution in [3.8, 4) is 23.1 Å². The van der Waals surface area contributed by atoms with Crippen LogP contribution in [0.2, 0.25) is 0 Å². The predicted molar refractivity (Wildman–Crippen MR) is 210 cm³/mol. The quantitative estimate of drug-likeness (QED) is 0.147. The Hall–Kier alpha value is -5.84. The number of likely N-dealkylation sites (tertiary alicyclic amines) is 2. The zero-order valence-corrected chi connectivity index (χ0v) is 32.8. The number of hydrogen-bond acceptors (Lipinski definition) is 7. The van der Waals surface area contributed by atoms with Gasteiger partial charge in [0.2, 0.25) is 11.8 Å². The Morgan fingerprint density at radius 3 is 2.00 bits per heavy atom. The minimum Gasteiger partial charge on any atom is -0.465 e. The highest BCUT2D eigenvalue weighted by Gasteiger charge is 2.57. The highest BCUT2D eigenvalue weighted by molar-refractivity contribution is 5.88. The zero-order valence-electron chi connectivity index (χ0n) is 32.8. The number of nitrogens with zero attached hydrogens (tertiary/aromatic N) is 4. The summed E-state index contributed by atoms with van der Waals surface area (Å²) in [5.74, 6) is 8.46. The van der Waals surface area contributed by atoms with Crippen LogP contribution in [-0.2, 0) is 27.2 Å². The van der Waals surface area contributed by atoms with Crippen molar-refractivity contribution >= 4 is 35.0 Å². The van der Waals surface area contributed by atoms with Crippen LogP contribution < -0.4 is 10.6 Å². The molecule has 4 heterocycles. The summed E-state index contributed by atoms with van der Waals surface area (Å²) in [4.78, 5) is 72.0. The van der Waals surface area contributed by atoms with Crippen molar-refractivity contribution in [2.24, 2.45) is 23.7 Å². The summed E-state index contributed by atoms with van der Waals surface area (Å²) in [6, 6.07) is 10.5. The van der Waals surface area contributed by atoms with E-state index in [1.165, 1.54) is 12.7 Å². The number of aryl methyl sites for hydroxylation is 2. The first-order valence-electron chi connectivity index (χ1n) is 20.1. The number of imidazole rings is 2. The summed E-state index contributed by atoms with van der Waals surface area (Å²) in [6.07, 6.45) is 3.39. The largest absolute Gasteiger partial charge is 0.465 e. The molecule has 14 heteroatoms. The average molecular weight is 773 g/mol. The summed E-state index contributed by atoms with van der Waals surface area (Å²) in [7, 11) is 1.30. The lowest BCUT2D eigenvalue weighted by Gasteiger charge is -2.31. The second kappa shape index (κ2) is 14.0. The fourth-order valence-electron chi connectivity index (χ4n) is 9.47. The monoisotopic (exact) mass is 772 g/mol. The van der Waals surface area contributed by atoms with Crippen molar-refractivity contribution in [3.05, 3.63) is 70.4 Å². The molecule has 14 nitrogen and oxygen atoms in total. The normalized spacial score (nSPS) is 24.8. The van der Waals surface area contributed by atoms with Gasteiger partial charge in [0.1, 0.15) is 23.7 Å². The zero-order chi connectivity index (χ0) is 39.9. The number of hydrogen-bond donors (Lipinski definition) is 5. The second-order valence-corrected chi connectivity index (χ2v) is 17.1. The van der Waals surface area contributed by atoms with E-state index < -0.39 is 24.3 Å². The van der Waals surface area contributed by atoms with Crippen LogP contribution in [0.5, 0.6) is 0 Å². The van der Waals surface area contributed by atoms with E-state index in [4.69, 9.17) is 14.7 Å². The number of aromatic nitrogens is 4. The molecule has 0 unspecified atom stereocenters. The molecule has 9 rings (SSSR count). The lowest BCUT2D eigenvalue weighted by Crippen LogP contribution is -2.52. The van der Waals surface area contributed by atoms with Gasteiger partial charge in [-0.2, -0.15) is 0 Å². The molecule has 0 bridgehead atoms. The minimum atomic E-state index is -1.20. The Bertz CT molecular complexity index is 2370. The highest BCUT2D eigenvalue weighted by Crippen LogP contribution is 2.55. The Morgan fingerprint density at radius 1 is 0.789 bits per heavy atom. The summed E-state index contributed by atoms with van der Waals surface area (Å²) >= 11 is 0. The lowest BCUT2D eigenvalue weighted by molar-refractivity contribution is -0.137. The van der Waals surface area contributed by atoms with Crippen molar-refractivity contribution in [2.75, 3.05) is 7.11 Å². The molecule has 2 saturated carbocycles. The number of methoxy groups -OCH3 is 1. The Labute approximate surface area is 330 Å². The molecular weight excluding hydrogens is 725 g/mol. The maximum Gasteiger partial charge on any atom is 0.407 e. The van der Waals surface area contributed by atoms with Gasteiger partial charge in [0.25, 0.3) is 0 Å². The molecule has 296 valence electrons. The van der Waals surface area contributed by atoms with E-state index in [2.05, 4.69) is 44.6 Å². The van der Waals surface area contributed by atoms with Crippen LogP contribution >= 0.6 is 0 Å². The molecule has 2 aromatic heterocycles. The number of carboxylic acid groups (broad SMARTS) is 1. The summed E-state index contributed by atoms with van der Waals surface area (Å²) in [5, 5.41) is 14.6. The minimum absolute atomic E-state index is 0.0914. The van der Waals surface area contributed by atoms with Gasteiger partial charge in [0.05, 0.1) is 35.9 Å². The highest BCUT2D eigenvalue weighted by atomic mass is 16.5. The van der Waals surface area contributed by atoms with E-state index in [-0.39, 0.29) is 47.8 Å². The van der Waals surface area contributed by atoms with Crippen LogP contribution in [0.25, 0.3) is 22.3 Å². The van der Waals surface area contributed by atoms with Gasteiger partial charge in [-0.25, -0.2) is 19.6 Å². The van der Waals surface area contributed by atoms with Crippen LogP contribution in [0.3, 0.4) is 0 Å². The molecular formula is C43H48N8O6. The molecule has 5 aliphatic rings. The maximum absolute atomic E-state index is 13.9. The van der Waals surface area contributed by atoms with Crippen molar-refractivity contribution in [1.82, 2.24) is 40.4 Å². The SMILES string of the molecule is COC(=O)N[C@H](C(=O)N1[C@@H]2C[C@@H]2C[C@H]1c1nc2c([nH]1)CCc1cc(C#Cc3ccc4nc([C@@H]5C[C@H]6C[C@H]6N5C(=O)[C@@H](NC(=O)O)C(C)C)[nH]c4c3)ccc1-2)C(C)C. The summed E-state index contributed by atoms with van der Waals surface area (Å²) in [6.45, 7) is 7.55. The predicted octanol–water partition coefficient (Wildman–Crippen LogP) is 5.45. The fourth-order valence-corrected chi connectivity index (χ4v) is 9.47. The average Bonchev–Trinajstić information content (AvgIpc) is 3.84. The van der Waals surface area contributed by atoms with Gasteiger partial charge in [-0.3, -0.25) is 9.59 Å². The Balaban J connectivity index is 0.917. The Morgan fingerprint density at radius 2 is 1.39 bits per heavy atom. The van der Waals surface area contributed by atoms with Gasteiger partial charge >= 0.3 is 12.2 Å². The number of alkyl carbamates (subject to hydrolysis) is 1. The number of carbonyl (C=O) groups is 4. The standard InChI is InChI=1S/C43H48N8O6/c1-20(2)35(48-42(54)55)40(52)50-31-16-25(31)18-33(50)38-44-28-12-9-23(15-30(28)46-38)7-6-22-8-11-27-24(14-22)10-13-29-37(27)47-39(45-29)34-19-26-17-32(26)51(34)41(53)36(21(3)4)49-43(56)57-5/h8-9,11-12,14-15,20-21,25-26,31-36,48H,10,13,16-19H2,1-5H3,(H,44,46)(H,45,47)(H,49,56)(H,54,55)/t25-,26-,31-,32-,33+,34+,35+,36+/m1/s1. The van der Waals surface area contributed by atoms with Crippen LogP contribution in [-0.4, -0.2) is 90.1 Å². The van der Waals surface area contributed by atoms with Gasteiger partial charge in [0, 0.05) is 34.5 Å². The molecule has 3 aliphatic carbocycles. The van der Waals surface area contributed by atoms with Gasteiger partial charge in [-0.15, -0.1) is 0 Å². The molecule has 0 spiro atoms. The second-order valence-electron chi connectivity index (χ2n) is 17.1. The first kappa shape index (κ1) is 36.8. The molecule has 0 radical (unpaired) electrons. The maximum atomic E-state index is 13.9. The number of piperidine rings is 2. The molecule has 2 aliphatic heterocycles. The third-order valence-electron chi connectivity index (χ3n) is 12.6. The van der Waals surface area contributed by atoms with Gasteiger partial charge < -0.3 is 40.2 Å². The van der Waals surface area contributed by atoms with E-state index in [1.54, 1.807) is 0 Å². The van der Waals surface area contributed by atoms with Gasteiger partial charge in [-0.05, 0) is 98.1 Å². The Kier molecular flexibility index (Phi) is 9.01. The molecule has 4 amide bonds. The summed E-state index contributed by atoms with van der Waals surface area (Å²) in [5.41, 5.74) is 7.59. The van der Waals surface area contributed by atoms with E-state index in [0.717, 1.165) is 83.5 Å². The number of aromatic amines is 2. The third-order valence-corrected chi connectivity index (χ3v) is 12.6. The molecule has 8 atom stereocenters. The number of H-pyrrole nitrogens is 2. The number of nitrogens with one attached hydrogen (secondary N) is 4. The first-order valence-corrected chi connectivity index (χ1v) is 20.1. The van der Waals surface area contributed by atoms with Crippen molar-refractivity contribution < 1.29 is 29.0 Å². The van der Waals surface area contributed by atoms with Crippen LogP contribution in [0.4, 0.5) is 9.59 Å². The molecule has 4 fully saturated rings. The van der Waals surface area contributed by atoms with E-state index >= 15 is 0 Å². The molecule has 5 N–H and O–H groups in total. The topological polar surface area (TPSA) is 186 Å². The van der Waals surface area contributed by atoms with E-state index in [1.807, 2.05) is 61.8 Å². The number of carbonyl (C=O) groups excluding carboxylic acids is 3.